The Bertz CT molecular complexity index is 385. The lowest BCUT2D eigenvalue weighted by atomic mass is 9.97. The lowest BCUT2D eigenvalue weighted by Crippen LogP contribution is -2.27. The van der Waals surface area contributed by atoms with E-state index >= 15 is 0 Å². The van der Waals surface area contributed by atoms with E-state index in [2.05, 4.69) is 27.6 Å². The number of aryl methyl sites for hydroxylation is 1. The first-order valence-corrected chi connectivity index (χ1v) is 7.34. The van der Waals surface area contributed by atoms with Crippen molar-refractivity contribution >= 4 is 11.6 Å². The summed E-state index contributed by atoms with van der Waals surface area (Å²) in [7, 11) is 0. The van der Waals surface area contributed by atoms with Crippen LogP contribution in [0, 0.1) is 5.92 Å². The number of nitrogens with zero attached hydrogens (tertiary/aromatic N) is 2. The number of nitrogens with one attached hydrogen (secondary N) is 2. The molecule has 5 heteroatoms. The summed E-state index contributed by atoms with van der Waals surface area (Å²) in [5.41, 5.74) is 2.61. The third-order valence-corrected chi connectivity index (χ3v) is 3.93. The molecule has 0 bridgehead atoms. The number of anilines is 2. The minimum Gasteiger partial charge on any atom is -0.367 e. The second-order valence-electron chi connectivity index (χ2n) is 5.42. The van der Waals surface area contributed by atoms with Gasteiger partial charge in [0.15, 0.2) is 0 Å². The van der Waals surface area contributed by atoms with Crippen molar-refractivity contribution in [2.75, 3.05) is 10.7 Å². The lowest BCUT2D eigenvalue weighted by Gasteiger charge is -2.23. The smallest absolute Gasteiger partial charge is 0.145 e. The topological polar surface area (TPSA) is 75.9 Å². The number of nitrogen functional groups attached to an aromatic ring is 1. The minimum absolute atomic E-state index is 0.507. The molecule has 0 aromatic carbocycles. The zero-order valence-electron chi connectivity index (χ0n) is 11.9. The number of rotatable bonds is 4. The molecule has 0 radical (unpaired) electrons. The Kier molecular flexibility index (Phi) is 4.96. The molecule has 2 rings (SSSR count). The highest BCUT2D eigenvalue weighted by Gasteiger charge is 2.20. The van der Waals surface area contributed by atoms with Crippen molar-refractivity contribution in [2.24, 2.45) is 11.8 Å². The van der Waals surface area contributed by atoms with Crippen molar-refractivity contribution in [3.8, 4) is 0 Å². The maximum absolute atomic E-state index is 5.46. The van der Waals surface area contributed by atoms with Crippen LogP contribution in [0.1, 0.15) is 51.8 Å². The summed E-state index contributed by atoms with van der Waals surface area (Å²) >= 11 is 0. The SMILES string of the molecule is CCc1nc(NN)cc(NC2CCCCCC2C)n1. The molecule has 1 aliphatic rings. The number of aromatic nitrogens is 2. The molecule has 106 valence electrons. The molecule has 0 amide bonds. The van der Waals surface area contributed by atoms with Crippen molar-refractivity contribution in [2.45, 2.75) is 58.4 Å². The van der Waals surface area contributed by atoms with Crippen LogP contribution in [0.15, 0.2) is 6.07 Å². The van der Waals surface area contributed by atoms with E-state index < -0.39 is 0 Å². The van der Waals surface area contributed by atoms with Crippen molar-refractivity contribution in [3.63, 3.8) is 0 Å². The molecule has 5 nitrogen and oxygen atoms in total. The van der Waals surface area contributed by atoms with Crippen molar-refractivity contribution < 1.29 is 0 Å². The van der Waals surface area contributed by atoms with Gasteiger partial charge in [-0.1, -0.05) is 33.1 Å². The molecule has 1 aromatic heterocycles. The van der Waals surface area contributed by atoms with Gasteiger partial charge >= 0.3 is 0 Å². The Morgan fingerprint density at radius 1 is 1.21 bits per heavy atom. The Balaban J connectivity index is 2.12. The maximum atomic E-state index is 5.46. The molecule has 4 N–H and O–H groups in total. The fraction of sp³-hybridized carbons (Fsp3) is 0.714. The van der Waals surface area contributed by atoms with Crippen LogP contribution in [0.2, 0.25) is 0 Å². The second-order valence-corrected chi connectivity index (χ2v) is 5.42. The summed E-state index contributed by atoms with van der Waals surface area (Å²) in [6, 6.07) is 2.39. The Morgan fingerprint density at radius 2 is 1.95 bits per heavy atom. The highest BCUT2D eigenvalue weighted by Crippen LogP contribution is 2.26. The molecule has 1 fully saturated rings. The van der Waals surface area contributed by atoms with Gasteiger partial charge in [-0.15, -0.1) is 0 Å². The van der Waals surface area contributed by atoms with Crippen LogP contribution in [-0.2, 0) is 6.42 Å². The lowest BCUT2D eigenvalue weighted by molar-refractivity contribution is 0.455. The van der Waals surface area contributed by atoms with E-state index in [1.807, 2.05) is 13.0 Å². The van der Waals surface area contributed by atoms with E-state index in [1.165, 1.54) is 32.1 Å². The fourth-order valence-electron chi connectivity index (χ4n) is 2.70. The van der Waals surface area contributed by atoms with E-state index in [0.717, 1.165) is 18.1 Å². The Hall–Kier alpha value is -1.36. The van der Waals surface area contributed by atoms with Gasteiger partial charge in [-0.2, -0.15) is 0 Å². The molecular weight excluding hydrogens is 238 g/mol. The molecule has 2 unspecified atom stereocenters. The molecule has 2 atom stereocenters. The number of hydrogen-bond acceptors (Lipinski definition) is 5. The van der Waals surface area contributed by atoms with Crippen molar-refractivity contribution in [1.29, 1.82) is 0 Å². The fourth-order valence-corrected chi connectivity index (χ4v) is 2.70. The molecule has 0 saturated heterocycles. The van der Waals surface area contributed by atoms with Gasteiger partial charge in [-0.25, -0.2) is 15.8 Å². The molecule has 0 aliphatic heterocycles. The third-order valence-electron chi connectivity index (χ3n) is 3.93. The van der Waals surface area contributed by atoms with E-state index in [1.54, 1.807) is 0 Å². The standard InChI is InChI=1S/C14H25N5/c1-3-12-17-13(9-14(18-12)19-15)16-11-8-6-4-5-7-10(11)2/h9-11H,3-8,15H2,1-2H3,(H2,16,17,18,19). The molecular formula is C14H25N5. The normalized spacial score (nSPS) is 23.7. The molecule has 19 heavy (non-hydrogen) atoms. The van der Waals surface area contributed by atoms with Crippen LogP contribution in [0.4, 0.5) is 11.6 Å². The van der Waals surface area contributed by atoms with Crippen molar-refractivity contribution in [3.05, 3.63) is 11.9 Å². The predicted molar refractivity (Wildman–Crippen MR) is 78.9 cm³/mol. The van der Waals surface area contributed by atoms with Gasteiger partial charge in [0.2, 0.25) is 0 Å². The largest absolute Gasteiger partial charge is 0.367 e. The first-order chi connectivity index (χ1) is 9.22. The average Bonchev–Trinajstić information content (AvgIpc) is 2.63. The van der Waals surface area contributed by atoms with Crippen LogP contribution >= 0.6 is 0 Å². The molecule has 0 spiro atoms. The van der Waals surface area contributed by atoms with Crippen LogP contribution in [0.3, 0.4) is 0 Å². The average molecular weight is 263 g/mol. The van der Waals surface area contributed by atoms with E-state index in [0.29, 0.717) is 17.8 Å². The van der Waals surface area contributed by atoms with Crippen molar-refractivity contribution in [1.82, 2.24) is 9.97 Å². The van der Waals surface area contributed by atoms with E-state index in [4.69, 9.17) is 5.84 Å². The van der Waals surface area contributed by atoms with Gasteiger partial charge in [0.05, 0.1) is 0 Å². The van der Waals surface area contributed by atoms with Gasteiger partial charge in [0.25, 0.3) is 0 Å². The molecule has 1 aliphatic carbocycles. The van der Waals surface area contributed by atoms with Crippen LogP contribution < -0.4 is 16.6 Å². The minimum atomic E-state index is 0.507. The van der Waals surface area contributed by atoms with Crippen LogP contribution in [-0.4, -0.2) is 16.0 Å². The second kappa shape index (κ2) is 6.70. The highest BCUT2D eigenvalue weighted by atomic mass is 15.3. The third kappa shape index (κ3) is 3.80. The van der Waals surface area contributed by atoms with Crippen LogP contribution in [0.25, 0.3) is 0 Å². The van der Waals surface area contributed by atoms with Crippen LogP contribution in [0.5, 0.6) is 0 Å². The van der Waals surface area contributed by atoms with E-state index in [-0.39, 0.29) is 0 Å². The maximum Gasteiger partial charge on any atom is 0.145 e. The van der Waals surface area contributed by atoms with Gasteiger partial charge in [0.1, 0.15) is 17.5 Å². The Morgan fingerprint density at radius 3 is 2.68 bits per heavy atom. The molecule has 1 saturated carbocycles. The Labute approximate surface area is 115 Å². The van der Waals surface area contributed by atoms with Gasteiger partial charge in [-0.05, 0) is 18.8 Å². The summed E-state index contributed by atoms with van der Waals surface area (Å²) in [5, 5.41) is 3.57. The quantitative estimate of drug-likeness (QED) is 0.442. The summed E-state index contributed by atoms with van der Waals surface area (Å²) in [5.74, 6) is 8.53. The monoisotopic (exact) mass is 263 g/mol. The summed E-state index contributed by atoms with van der Waals surface area (Å²) in [4.78, 5) is 8.86. The highest BCUT2D eigenvalue weighted by molar-refractivity contribution is 5.47. The number of hydrazine groups is 1. The first-order valence-electron chi connectivity index (χ1n) is 7.34. The first kappa shape index (κ1) is 14.1. The van der Waals surface area contributed by atoms with Gasteiger partial charge < -0.3 is 10.7 Å². The molecule has 1 heterocycles. The summed E-state index contributed by atoms with van der Waals surface area (Å²) in [6.07, 6.45) is 7.32. The summed E-state index contributed by atoms with van der Waals surface area (Å²) < 4.78 is 0. The molecule has 1 aromatic rings. The zero-order valence-corrected chi connectivity index (χ0v) is 11.9. The predicted octanol–water partition coefficient (Wildman–Crippen LogP) is 2.71. The summed E-state index contributed by atoms with van der Waals surface area (Å²) in [6.45, 7) is 4.38. The van der Waals surface area contributed by atoms with E-state index in [9.17, 15) is 0 Å². The number of hydrogen-bond donors (Lipinski definition) is 3. The zero-order chi connectivity index (χ0) is 13.7. The van der Waals surface area contributed by atoms with Gasteiger partial charge in [-0.3, -0.25) is 0 Å². The van der Waals surface area contributed by atoms with Gasteiger partial charge in [0, 0.05) is 18.5 Å². The number of nitrogens with two attached hydrogens (primary N) is 1.